The van der Waals surface area contributed by atoms with Crippen molar-refractivity contribution in [2.24, 2.45) is 0 Å². The molecule has 20 heavy (non-hydrogen) atoms. The highest BCUT2D eigenvalue weighted by molar-refractivity contribution is 9.11. The number of benzene rings is 1. The Bertz CT molecular complexity index is 465. The van der Waals surface area contributed by atoms with E-state index >= 15 is 0 Å². The van der Waals surface area contributed by atoms with Crippen LogP contribution in [0.5, 0.6) is 5.75 Å². The number of ether oxygens (including phenoxy) is 1. The molecule has 0 radical (unpaired) electrons. The molecule has 1 rings (SSSR count). The van der Waals surface area contributed by atoms with Crippen LogP contribution in [0.25, 0.3) is 0 Å². The van der Waals surface area contributed by atoms with Crippen molar-refractivity contribution in [2.45, 2.75) is 32.9 Å². The first-order valence-corrected chi connectivity index (χ1v) is 8.04. The average Bonchev–Trinajstić information content (AvgIpc) is 2.33. The Balaban J connectivity index is 2.48. The molecule has 2 N–H and O–H groups in total. The summed E-state index contributed by atoms with van der Waals surface area (Å²) in [6.45, 7) is 5.19. The molecule has 0 spiro atoms. The molecule has 0 aliphatic rings. The molecule has 112 valence electrons. The van der Waals surface area contributed by atoms with Crippen LogP contribution < -0.4 is 15.4 Å². The quantitative estimate of drug-likeness (QED) is 0.682. The van der Waals surface area contributed by atoms with Crippen molar-refractivity contribution in [2.75, 3.05) is 13.7 Å². The summed E-state index contributed by atoms with van der Waals surface area (Å²) in [5, 5.41) is 6.12. The normalized spacial score (nSPS) is 10.7. The number of methoxy groups -OCH3 is 1. The van der Waals surface area contributed by atoms with Crippen LogP contribution in [0.2, 0.25) is 0 Å². The molecule has 0 bridgehead atoms. The third-order valence-electron chi connectivity index (χ3n) is 2.58. The lowest BCUT2D eigenvalue weighted by molar-refractivity contribution is -0.121. The molecule has 0 saturated heterocycles. The summed E-state index contributed by atoms with van der Waals surface area (Å²) in [6, 6.07) is 4.13. The third-order valence-corrected chi connectivity index (χ3v) is 3.63. The van der Waals surface area contributed by atoms with Crippen molar-refractivity contribution in [1.82, 2.24) is 10.6 Å². The van der Waals surface area contributed by atoms with Gasteiger partial charge >= 0.3 is 0 Å². The smallest absolute Gasteiger partial charge is 0.221 e. The summed E-state index contributed by atoms with van der Waals surface area (Å²) in [5.74, 6) is 0.877. The van der Waals surface area contributed by atoms with Gasteiger partial charge in [0.25, 0.3) is 0 Å². The van der Waals surface area contributed by atoms with E-state index < -0.39 is 0 Å². The van der Waals surface area contributed by atoms with Crippen LogP contribution in [-0.2, 0) is 11.3 Å². The Labute approximate surface area is 136 Å². The SMILES string of the molecule is COc1c(Br)cc(Br)cc1CNCCC(=O)NC(C)C. The molecule has 0 heterocycles. The minimum atomic E-state index is 0.0647. The van der Waals surface area contributed by atoms with Crippen molar-refractivity contribution in [1.29, 1.82) is 0 Å². The summed E-state index contributed by atoms with van der Waals surface area (Å²) < 4.78 is 7.27. The molecule has 0 saturated carbocycles. The monoisotopic (exact) mass is 406 g/mol. The minimum Gasteiger partial charge on any atom is -0.495 e. The number of nitrogens with one attached hydrogen (secondary N) is 2. The summed E-state index contributed by atoms with van der Waals surface area (Å²) in [7, 11) is 1.65. The molecule has 0 unspecified atom stereocenters. The fourth-order valence-corrected chi connectivity index (χ4v) is 3.27. The molecule has 0 fully saturated rings. The van der Waals surface area contributed by atoms with Gasteiger partial charge in [-0.05, 0) is 41.9 Å². The van der Waals surface area contributed by atoms with Crippen LogP contribution in [0.15, 0.2) is 21.1 Å². The topological polar surface area (TPSA) is 50.4 Å². The zero-order valence-corrected chi connectivity index (χ0v) is 15.1. The van der Waals surface area contributed by atoms with Crippen molar-refractivity contribution >= 4 is 37.8 Å². The van der Waals surface area contributed by atoms with E-state index in [9.17, 15) is 4.79 Å². The van der Waals surface area contributed by atoms with Crippen LogP contribution in [0.1, 0.15) is 25.8 Å². The van der Waals surface area contributed by atoms with E-state index in [1.807, 2.05) is 26.0 Å². The van der Waals surface area contributed by atoms with Crippen LogP contribution in [0.3, 0.4) is 0 Å². The number of carbonyl (C=O) groups is 1. The highest BCUT2D eigenvalue weighted by Gasteiger charge is 2.09. The number of rotatable bonds is 7. The first kappa shape index (κ1) is 17.5. The Morgan fingerprint density at radius 3 is 2.65 bits per heavy atom. The van der Waals surface area contributed by atoms with Gasteiger partial charge in [0.15, 0.2) is 0 Å². The molecular formula is C14H20Br2N2O2. The second-order valence-corrected chi connectivity index (χ2v) is 6.50. The van der Waals surface area contributed by atoms with E-state index in [1.165, 1.54) is 0 Å². The lowest BCUT2D eigenvalue weighted by atomic mass is 10.2. The van der Waals surface area contributed by atoms with Gasteiger partial charge in [-0.3, -0.25) is 4.79 Å². The van der Waals surface area contributed by atoms with Crippen LogP contribution >= 0.6 is 31.9 Å². The first-order chi connectivity index (χ1) is 9.43. The molecule has 1 amide bonds. The summed E-state index contributed by atoms with van der Waals surface area (Å²) in [6.07, 6.45) is 0.468. The highest BCUT2D eigenvalue weighted by Crippen LogP contribution is 2.32. The molecule has 0 atom stereocenters. The van der Waals surface area contributed by atoms with Crippen molar-refractivity contribution in [3.05, 3.63) is 26.6 Å². The van der Waals surface area contributed by atoms with Crippen LogP contribution in [0.4, 0.5) is 0 Å². The average molecular weight is 408 g/mol. The van der Waals surface area contributed by atoms with E-state index in [1.54, 1.807) is 7.11 Å². The standard InChI is InChI=1S/C14H20Br2N2O2/c1-9(2)18-13(19)4-5-17-8-10-6-11(15)7-12(16)14(10)20-3/h6-7,9,17H,4-5,8H2,1-3H3,(H,18,19). The van der Waals surface area contributed by atoms with Crippen LogP contribution in [-0.4, -0.2) is 25.6 Å². The van der Waals surface area contributed by atoms with E-state index in [0.29, 0.717) is 19.5 Å². The summed E-state index contributed by atoms with van der Waals surface area (Å²) in [4.78, 5) is 11.5. The van der Waals surface area contributed by atoms with Crippen molar-refractivity contribution in [3.63, 3.8) is 0 Å². The fourth-order valence-electron chi connectivity index (χ4n) is 1.79. The highest BCUT2D eigenvalue weighted by atomic mass is 79.9. The maximum atomic E-state index is 11.5. The van der Waals surface area contributed by atoms with Gasteiger partial charge in [-0.25, -0.2) is 0 Å². The van der Waals surface area contributed by atoms with Gasteiger partial charge < -0.3 is 15.4 Å². The summed E-state index contributed by atoms with van der Waals surface area (Å²) >= 11 is 6.93. The van der Waals surface area contributed by atoms with E-state index in [-0.39, 0.29) is 11.9 Å². The van der Waals surface area contributed by atoms with Gasteiger partial charge in [0.1, 0.15) is 5.75 Å². The maximum Gasteiger partial charge on any atom is 0.221 e. The van der Waals surface area contributed by atoms with Gasteiger partial charge in [-0.15, -0.1) is 0 Å². The number of hydrogen-bond donors (Lipinski definition) is 2. The first-order valence-electron chi connectivity index (χ1n) is 6.46. The molecule has 0 aliphatic heterocycles. The predicted molar refractivity (Wildman–Crippen MR) is 88.0 cm³/mol. The molecule has 1 aromatic rings. The van der Waals surface area contributed by atoms with Gasteiger partial charge in [0.2, 0.25) is 5.91 Å². The van der Waals surface area contributed by atoms with E-state index in [0.717, 1.165) is 20.3 Å². The number of amides is 1. The van der Waals surface area contributed by atoms with Crippen LogP contribution in [0, 0.1) is 0 Å². The summed E-state index contributed by atoms with van der Waals surface area (Å²) in [5.41, 5.74) is 1.04. The zero-order valence-electron chi connectivity index (χ0n) is 11.9. The van der Waals surface area contributed by atoms with Crippen molar-refractivity contribution in [3.8, 4) is 5.75 Å². The Hall–Kier alpha value is -0.590. The molecule has 4 nitrogen and oxygen atoms in total. The van der Waals surface area contributed by atoms with Gasteiger partial charge in [-0.1, -0.05) is 15.9 Å². The predicted octanol–water partition coefficient (Wildman–Crippen LogP) is 3.22. The minimum absolute atomic E-state index is 0.0647. The fraction of sp³-hybridized carbons (Fsp3) is 0.500. The molecule has 0 aromatic heterocycles. The Morgan fingerprint density at radius 2 is 2.05 bits per heavy atom. The van der Waals surface area contributed by atoms with Crippen molar-refractivity contribution < 1.29 is 9.53 Å². The van der Waals surface area contributed by atoms with Gasteiger partial charge in [0, 0.05) is 35.6 Å². The lowest BCUT2D eigenvalue weighted by Gasteiger charge is -2.12. The van der Waals surface area contributed by atoms with Gasteiger partial charge in [-0.2, -0.15) is 0 Å². The van der Waals surface area contributed by atoms with E-state index in [2.05, 4.69) is 42.5 Å². The molecular weight excluding hydrogens is 388 g/mol. The third kappa shape index (κ3) is 5.81. The molecule has 1 aromatic carbocycles. The Morgan fingerprint density at radius 1 is 1.35 bits per heavy atom. The lowest BCUT2D eigenvalue weighted by Crippen LogP contribution is -2.32. The second-order valence-electron chi connectivity index (χ2n) is 4.73. The maximum absolute atomic E-state index is 11.5. The largest absolute Gasteiger partial charge is 0.495 e. The zero-order chi connectivity index (χ0) is 15.1. The second kappa shape index (κ2) is 8.64. The molecule has 0 aliphatic carbocycles. The van der Waals surface area contributed by atoms with E-state index in [4.69, 9.17) is 4.74 Å². The number of hydrogen-bond acceptors (Lipinski definition) is 3. The Kier molecular flexibility index (Phi) is 7.55. The number of halogens is 2. The number of carbonyl (C=O) groups excluding carboxylic acids is 1. The molecule has 6 heteroatoms. The van der Waals surface area contributed by atoms with Gasteiger partial charge in [0.05, 0.1) is 11.6 Å².